The number of benzene rings is 1. The molecule has 1 unspecified atom stereocenters. The van der Waals surface area contributed by atoms with Gasteiger partial charge < -0.3 is 20.1 Å². The van der Waals surface area contributed by atoms with E-state index in [1.165, 1.54) is 18.4 Å². The fourth-order valence-electron chi connectivity index (χ4n) is 2.90. The number of aliphatic imine (C=N–C) groups is 1. The molecule has 160 valence electrons. The third-order valence-electron chi connectivity index (χ3n) is 4.90. The van der Waals surface area contributed by atoms with Gasteiger partial charge in [-0.3, -0.25) is 4.90 Å². The second-order valence-electron chi connectivity index (χ2n) is 7.27. The SMILES string of the molecule is CCNC(=NCc1ccc(C)cc1OCCOC)NCC(C)N(C)C1CC1.I. The van der Waals surface area contributed by atoms with Crippen LogP contribution in [0.5, 0.6) is 5.75 Å². The van der Waals surface area contributed by atoms with Gasteiger partial charge in [0.1, 0.15) is 12.4 Å². The van der Waals surface area contributed by atoms with Gasteiger partial charge in [0.15, 0.2) is 5.96 Å². The summed E-state index contributed by atoms with van der Waals surface area (Å²) in [6.45, 7) is 9.82. The Morgan fingerprint density at radius 2 is 2.04 bits per heavy atom. The molecule has 0 aromatic heterocycles. The third-order valence-corrected chi connectivity index (χ3v) is 4.90. The number of methoxy groups -OCH3 is 1. The average Bonchev–Trinajstić information content (AvgIpc) is 3.49. The zero-order chi connectivity index (χ0) is 19.6. The maximum absolute atomic E-state index is 5.87. The van der Waals surface area contributed by atoms with E-state index in [0.29, 0.717) is 25.8 Å². The van der Waals surface area contributed by atoms with Crippen molar-refractivity contribution in [2.24, 2.45) is 4.99 Å². The third kappa shape index (κ3) is 8.53. The molecule has 1 saturated carbocycles. The van der Waals surface area contributed by atoms with Crippen LogP contribution in [0, 0.1) is 6.92 Å². The molecule has 0 radical (unpaired) electrons. The van der Waals surface area contributed by atoms with Crippen LogP contribution in [0.3, 0.4) is 0 Å². The maximum Gasteiger partial charge on any atom is 0.191 e. The van der Waals surface area contributed by atoms with Crippen molar-refractivity contribution in [1.82, 2.24) is 15.5 Å². The van der Waals surface area contributed by atoms with Crippen molar-refractivity contribution in [2.45, 2.75) is 52.2 Å². The lowest BCUT2D eigenvalue weighted by molar-refractivity contribution is 0.145. The Labute approximate surface area is 187 Å². The molecule has 0 spiro atoms. The second-order valence-corrected chi connectivity index (χ2v) is 7.27. The molecule has 0 amide bonds. The molecule has 1 atom stereocenters. The largest absolute Gasteiger partial charge is 0.491 e. The molecule has 7 heteroatoms. The Morgan fingerprint density at radius 3 is 2.68 bits per heavy atom. The smallest absolute Gasteiger partial charge is 0.191 e. The average molecular weight is 504 g/mol. The van der Waals surface area contributed by atoms with Gasteiger partial charge >= 0.3 is 0 Å². The molecule has 28 heavy (non-hydrogen) atoms. The van der Waals surface area contributed by atoms with Crippen LogP contribution in [0.15, 0.2) is 23.2 Å². The number of halogens is 1. The second kappa shape index (κ2) is 13.2. The highest BCUT2D eigenvalue weighted by atomic mass is 127. The minimum absolute atomic E-state index is 0. The number of nitrogens with zero attached hydrogens (tertiary/aromatic N) is 2. The molecule has 6 nitrogen and oxygen atoms in total. The summed E-state index contributed by atoms with van der Waals surface area (Å²) in [5.41, 5.74) is 2.26. The van der Waals surface area contributed by atoms with E-state index in [0.717, 1.165) is 36.4 Å². The van der Waals surface area contributed by atoms with Gasteiger partial charge in [-0.25, -0.2) is 4.99 Å². The van der Waals surface area contributed by atoms with Crippen LogP contribution >= 0.6 is 24.0 Å². The highest BCUT2D eigenvalue weighted by Gasteiger charge is 2.28. The molecule has 0 aliphatic heterocycles. The number of ether oxygens (including phenoxy) is 2. The number of aryl methyl sites for hydroxylation is 1. The summed E-state index contributed by atoms with van der Waals surface area (Å²) in [5.74, 6) is 1.73. The van der Waals surface area contributed by atoms with Gasteiger partial charge in [-0.2, -0.15) is 0 Å². The monoisotopic (exact) mass is 504 g/mol. The van der Waals surface area contributed by atoms with Crippen molar-refractivity contribution in [2.75, 3.05) is 40.5 Å². The van der Waals surface area contributed by atoms with Crippen LogP contribution in [-0.4, -0.2) is 63.4 Å². The molecule has 1 aliphatic rings. The van der Waals surface area contributed by atoms with E-state index in [-0.39, 0.29) is 24.0 Å². The first kappa shape index (κ1) is 25.0. The van der Waals surface area contributed by atoms with Crippen molar-refractivity contribution in [1.29, 1.82) is 0 Å². The molecule has 0 saturated heterocycles. The van der Waals surface area contributed by atoms with E-state index in [9.17, 15) is 0 Å². The number of guanidine groups is 1. The molecule has 1 fully saturated rings. The number of rotatable bonds is 11. The van der Waals surface area contributed by atoms with Crippen LogP contribution < -0.4 is 15.4 Å². The van der Waals surface area contributed by atoms with E-state index in [2.05, 4.69) is 61.6 Å². The first-order chi connectivity index (χ1) is 13.0. The van der Waals surface area contributed by atoms with Crippen molar-refractivity contribution >= 4 is 29.9 Å². The molecular weight excluding hydrogens is 467 g/mol. The van der Waals surface area contributed by atoms with E-state index >= 15 is 0 Å². The van der Waals surface area contributed by atoms with E-state index < -0.39 is 0 Å². The van der Waals surface area contributed by atoms with Gasteiger partial charge in [0, 0.05) is 37.8 Å². The fraction of sp³-hybridized carbons (Fsp3) is 0.667. The standard InChI is InChI=1S/C21H36N4O2.HI/c1-6-22-21(23-14-17(3)25(4)19-9-10-19)24-15-18-8-7-16(2)13-20(18)27-12-11-26-5;/h7-8,13,17,19H,6,9-12,14-15H2,1-5H3,(H2,22,23,24);1H. The molecule has 1 aromatic rings. The van der Waals surface area contributed by atoms with Crippen LogP contribution in [0.4, 0.5) is 0 Å². The Hall–Kier alpha value is -1.06. The van der Waals surface area contributed by atoms with Crippen LogP contribution in [0.1, 0.15) is 37.8 Å². The fourth-order valence-corrected chi connectivity index (χ4v) is 2.90. The van der Waals surface area contributed by atoms with Crippen LogP contribution in [0.2, 0.25) is 0 Å². The number of hydrogen-bond donors (Lipinski definition) is 2. The topological polar surface area (TPSA) is 58.1 Å². The van der Waals surface area contributed by atoms with Crippen molar-refractivity contribution in [3.8, 4) is 5.75 Å². The van der Waals surface area contributed by atoms with E-state index in [1.54, 1.807) is 7.11 Å². The summed E-state index contributed by atoms with van der Waals surface area (Å²) in [6.07, 6.45) is 2.66. The summed E-state index contributed by atoms with van der Waals surface area (Å²) < 4.78 is 11.0. The Kier molecular flexibility index (Phi) is 11.8. The molecule has 1 aliphatic carbocycles. The molecule has 2 N–H and O–H groups in total. The normalized spacial score (nSPS) is 15.1. The Bertz CT molecular complexity index is 608. The lowest BCUT2D eigenvalue weighted by Gasteiger charge is -2.25. The van der Waals surface area contributed by atoms with Crippen LogP contribution in [-0.2, 0) is 11.3 Å². The van der Waals surface area contributed by atoms with Crippen molar-refractivity contribution < 1.29 is 9.47 Å². The number of likely N-dealkylation sites (N-methyl/N-ethyl adjacent to an activating group) is 1. The van der Waals surface area contributed by atoms with Gasteiger partial charge in [-0.05, 0) is 52.3 Å². The zero-order valence-electron chi connectivity index (χ0n) is 18.0. The first-order valence-electron chi connectivity index (χ1n) is 10.0. The van der Waals surface area contributed by atoms with Gasteiger partial charge in [-0.15, -0.1) is 24.0 Å². The quantitative estimate of drug-likeness (QED) is 0.210. The lowest BCUT2D eigenvalue weighted by Crippen LogP contribution is -2.45. The summed E-state index contributed by atoms with van der Waals surface area (Å²) in [5, 5.41) is 6.81. The molecule has 0 heterocycles. The highest BCUT2D eigenvalue weighted by molar-refractivity contribution is 14.0. The van der Waals surface area contributed by atoms with E-state index in [1.807, 2.05) is 0 Å². The first-order valence-corrected chi connectivity index (χ1v) is 10.0. The predicted molar refractivity (Wildman–Crippen MR) is 127 cm³/mol. The molecule has 1 aromatic carbocycles. The summed E-state index contributed by atoms with van der Waals surface area (Å²) in [7, 11) is 3.89. The predicted octanol–water partition coefficient (Wildman–Crippen LogP) is 3.18. The molecule has 0 bridgehead atoms. The molecule has 2 rings (SSSR count). The van der Waals surface area contributed by atoms with Gasteiger partial charge in [0.2, 0.25) is 0 Å². The Balaban J connectivity index is 0.00000392. The summed E-state index contributed by atoms with van der Waals surface area (Å²) >= 11 is 0. The zero-order valence-corrected chi connectivity index (χ0v) is 20.3. The minimum Gasteiger partial charge on any atom is -0.491 e. The van der Waals surface area contributed by atoms with Crippen molar-refractivity contribution in [3.63, 3.8) is 0 Å². The summed E-state index contributed by atoms with van der Waals surface area (Å²) in [4.78, 5) is 7.22. The maximum atomic E-state index is 5.87. The highest BCUT2D eigenvalue weighted by Crippen LogP contribution is 2.26. The van der Waals surface area contributed by atoms with Crippen molar-refractivity contribution in [3.05, 3.63) is 29.3 Å². The van der Waals surface area contributed by atoms with E-state index in [4.69, 9.17) is 14.5 Å². The van der Waals surface area contributed by atoms with Crippen LogP contribution in [0.25, 0.3) is 0 Å². The number of hydrogen-bond acceptors (Lipinski definition) is 4. The Morgan fingerprint density at radius 1 is 1.29 bits per heavy atom. The number of nitrogens with one attached hydrogen (secondary N) is 2. The summed E-state index contributed by atoms with van der Waals surface area (Å²) in [6, 6.07) is 7.50. The van der Waals surface area contributed by atoms with Gasteiger partial charge in [0.05, 0.1) is 13.2 Å². The van der Waals surface area contributed by atoms with Gasteiger partial charge in [0.25, 0.3) is 0 Å². The minimum atomic E-state index is 0. The van der Waals surface area contributed by atoms with Gasteiger partial charge in [-0.1, -0.05) is 12.1 Å². The lowest BCUT2D eigenvalue weighted by atomic mass is 10.1. The molecular formula is C21H37IN4O2.